The molecule has 19 heavy (non-hydrogen) atoms. The van der Waals surface area contributed by atoms with Gasteiger partial charge in [0.2, 0.25) is 0 Å². The van der Waals surface area contributed by atoms with E-state index in [9.17, 15) is 4.79 Å². The molecule has 0 aliphatic carbocycles. The number of aromatic nitrogens is 2. The van der Waals surface area contributed by atoms with Gasteiger partial charge in [-0.1, -0.05) is 0 Å². The van der Waals surface area contributed by atoms with Crippen LogP contribution in [0.1, 0.15) is 25.8 Å². The fourth-order valence-electron chi connectivity index (χ4n) is 2.28. The van der Waals surface area contributed by atoms with Crippen molar-refractivity contribution in [2.45, 2.75) is 26.3 Å². The summed E-state index contributed by atoms with van der Waals surface area (Å²) in [6.07, 6.45) is 3.86. The molecule has 6 nitrogen and oxygen atoms in total. The molecule has 1 amide bonds. The fraction of sp³-hybridized carbons (Fsp3) is 0.615. The number of carbonyl (C=O) groups is 1. The molecule has 1 fully saturated rings. The van der Waals surface area contributed by atoms with Crippen LogP contribution in [0.3, 0.4) is 0 Å². The quantitative estimate of drug-likeness (QED) is 0.760. The van der Waals surface area contributed by atoms with E-state index in [0.29, 0.717) is 18.2 Å². The minimum Gasteiger partial charge on any atom is -0.322 e. The first-order valence-corrected chi connectivity index (χ1v) is 6.60. The molecule has 1 saturated heterocycles. The van der Waals surface area contributed by atoms with E-state index in [-0.39, 0.29) is 6.03 Å². The van der Waals surface area contributed by atoms with Crippen LogP contribution in [0.2, 0.25) is 0 Å². The van der Waals surface area contributed by atoms with Crippen molar-refractivity contribution in [2.75, 3.05) is 26.2 Å². The summed E-state index contributed by atoms with van der Waals surface area (Å²) in [4.78, 5) is 16.4. The minimum absolute atomic E-state index is 0.146. The summed E-state index contributed by atoms with van der Waals surface area (Å²) in [5, 5.41) is 12.7. The zero-order valence-electron chi connectivity index (χ0n) is 11.4. The number of hydrogen-bond donors (Lipinski definition) is 0. The molecule has 6 heteroatoms. The maximum Gasteiger partial charge on any atom is 0.344 e. The topological polar surface area (TPSA) is 65.2 Å². The standard InChI is InChI=1S/C13H19N5O/c1-11(2)16-4-3-5-17(7-6-16)13(19)18-10-12(8-14)9-15-18/h9-11H,3-7H2,1-2H3. The maximum atomic E-state index is 12.3. The van der Waals surface area contributed by atoms with Crippen LogP contribution in [0, 0.1) is 11.3 Å². The van der Waals surface area contributed by atoms with Gasteiger partial charge >= 0.3 is 6.03 Å². The van der Waals surface area contributed by atoms with Gasteiger partial charge in [-0.05, 0) is 20.3 Å². The molecule has 0 bridgehead atoms. The number of carbonyl (C=O) groups excluding carboxylic acids is 1. The Balaban J connectivity index is 2.02. The number of nitrogens with zero attached hydrogens (tertiary/aromatic N) is 5. The van der Waals surface area contributed by atoms with Crippen molar-refractivity contribution in [1.29, 1.82) is 5.26 Å². The largest absolute Gasteiger partial charge is 0.344 e. The van der Waals surface area contributed by atoms with Crippen molar-refractivity contribution in [1.82, 2.24) is 19.6 Å². The SMILES string of the molecule is CC(C)N1CCCN(C(=O)n2cc(C#N)cn2)CC1. The summed E-state index contributed by atoms with van der Waals surface area (Å²) in [6.45, 7) is 7.69. The van der Waals surface area contributed by atoms with Crippen molar-refractivity contribution in [3.05, 3.63) is 18.0 Å². The third-order valence-electron chi connectivity index (χ3n) is 3.44. The molecule has 102 valence electrons. The van der Waals surface area contributed by atoms with Crippen LogP contribution in [-0.2, 0) is 0 Å². The van der Waals surface area contributed by atoms with Crippen LogP contribution in [0.4, 0.5) is 4.79 Å². The predicted octanol–water partition coefficient (Wildman–Crippen LogP) is 1.14. The van der Waals surface area contributed by atoms with Gasteiger partial charge in [0, 0.05) is 32.2 Å². The Morgan fingerprint density at radius 2 is 2.16 bits per heavy atom. The lowest BCUT2D eigenvalue weighted by Gasteiger charge is -2.24. The lowest BCUT2D eigenvalue weighted by atomic mass is 10.3. The van der Waals surface area contributed by atoms with Crippen LogP contribution in [0.5, 0.6) is 0 Å². The van der Waals surface area contributed by atoms with E-state index in [1.165, 1.54) is 17.1 Å². The highest BCUT2D eigenvalue weighted by Gasteiger charge is 2.21. The summed E-state index contributed by atoms with van der Waals surface area (Å²) in [5.41, 5.74) is 0.409. The van der Waals surface area contributed by atoms with Gasteiger partial charge in [-0.15, -0.1) is 0 Å². The van der Waals surface area contributed by atoms with Crippen LogP contribution in [0.25, 0.3) is 0 Å². The number of amides is 1. The second-order valence-electron chi connectivity index (χ2n) is 5.04. The Labute approximate surface area is 113 Å². The Kier molecular flexibility index (Phi) is 4.17. The Morgan fingerprint density at radius 3 is 2.79 bits per heavy atom. The summed E-state index contributed by atoms with van der Waals surface area (Å²) in [5.74, 6) is 0. The first-order chi connectivity index (χ1) is 9.11. The second kappa shape index (κ2) is 5.85. The molecule has 0 unspecified atom stereocenters. The lowest BCUT2D eigenvalue weighted by Crippen LogP contribution is -2.39. The molecule has 0 spiro atoms. The van der Waals surface area contributed by atoms with Crippen LogP contribution in [-0.4, -0.2) is 57.8 Å². The third kappa shape index (κ3) is 3.12. The minimum atomic E-state index is -0.146. The summed E-state index contributed by atoms with van der Waals surface area (Å²) in [6, 6.07) is 2.34. The van der Waals surface area contributed by atoms with E-state index < -0.39 is 0 Å². The van der Waals surface area contributed by atoms with Gasteiger partial charge in [-0.25, -0.2) is 4.79 Å². The molecule has 0 aromatic carbocycles. The number of hydrogen-bond acceptors (Lipinski definition) is 4. The molecule has 1 aromatic rings. The third-order valence-corrected chi connectivity index (χ3v) is 3.44. The van der Waals surface area contributed by atoms with E-state index in [2.05, 4.69) is 23.8 Å². The van der Waals surface area contributed by atoms with E-state index in [1.54, 1.807) is 4.90 Å². The van der Waals surface area contributed by atoms with Crippen molar-refractivity contribution >= 4 is 6.03 Å². The summed E-state index contributed by atoms with van der Waals surface area (Å²) in [7, 11) is 0. The highest BCUT2D eigenvalue weighted by Crippen LogP contribution is 2.08. The second-order valence-corrected chi connectivity index (χ2v) is 5.04. The van der Waals surface area contributed by atoms with Crippen molar-refractivity contribution in [3.63, 3.8) is 0 Å². The molecular weight excluding hydrogens is 242 g/mol. The number of rotatable bonds is 1. The Bertz CT molecular complexity index is 487. The van der Waals surface area contributed by atoms with Gasteiger partial charge in [0.15, 0.2) is 0 Å². The molecule has 1 aromatic heterocycles. The molecule has 0 radical (unpaired) electrons. The summed E-state index contributed by atoms with van der Waals surface area (Å²) >= 11 is 0. The Morgan fingerprint density at radius 1 is 1.37 bits per heavy atom. The molecule has 1 aliphatic heterocycles. The first kappa shape index (κ1) is 13.6. The monoisotopic (exact) mass is 261 g/mol. The van der Waals surface area contributed by atoms with E-state index in [1.807, 2.05) is 6.07 Å². The molecule has 2 heterocycles. The van der Waals surface area contributed by atoms with Crippen LogP contribution < -0.4 is 0 Å². The predicted molar refractivity (Wildman–Crippen MR) is 70.6 cm³/mol. The van der Waals surface area contributed by atoms with Crippen LogP contribution >= 0.6 is 0 Å². The molecular formula is C13H19N5O. The average Bonchev–Trinajstić information content (AvgIpc) is 2.74. The smallest absolute Gasteiger partial charge is 0.322 e. The Hall–Kier alpha value is -1.87. The van der Waals surface area contributed by atoms with Crippen molar-refractivity contribution in [3.8, 4) is 6.07 Å². The van der Waals surface area contributed by atoms with Gasteiger partial charge in [0.25, 0.3) is 0 Å². The van der Waals surface area contributed by atoms with Gasteiger partial charge in [-0.3, -0.25) is 4.90 Å². The zero-order chi connectivity index (χ0) is 13.8. The summed E-state index contributed by atoms with van der Waals surface area (Å²) < 4.78 is 1.25. The lowest BCUT2D eigenvalue weighted by molar-refractivity contribution is 0.192. The van der Waals surface area contributed by atoms with Crippen molar-refractivity contribution in [2.24, 2.45) is 0 Å². The molecule has 0 atom stereocenters. The van der Waals surface area contributed by atoms with E-state index >= 15 is 0 Å². The zero-order valence-corrected chi connectivity index (χ0v) is 11.4. The van der Waals surface area contributed by atoms with E-state index in [0.717, 1.165) is 26.1 Å². The molecule has 2 rings (SSSR count). The van der Waals surface area contributed by atoms with Gasteiger partial charge in [0.05, 0.1) is 18.0 Å². The highest BCUT2D eigenvalue weighted by molar-refractivity contribution is 5.76. The molecule has 0 N–H and O–H groups in total. The van der Waals surface area contributed by atoms with Gasteiger partial charge in [-0.2, -0.15) is 15.0 Å². The first-order valence-electron chi connectivity index (χ1n) is 6.60. The van der Waals surface area contributed by atoms with Gasteiger partial charge < -0.3 is 4.90 Å². The normalized spacial score (nSPS) is 17.3. The van der Waals surface area contributed by atoms with Gasteiger partial charge in [0.1, 0.15) is 6.07 Å². The van der Waals surface area contributed by atoms with E-state index in [4.69, 9.17) is 5.26 Å². The van der Waals surface area contributed by atoms with Crippen LogP contribution in [0.15, 0.2) is 12.4 Å². The molecule has 1 aliphatic rings. The number of nitriles is 1. The maximum absolute atomic E-state index is 12.3. The molecule has 0 saturated carbocycles. The highest BCUT2D eigenvalue weighted by atomic mass is 16.2. The fourth-order valence-corrected chi connectivity index (χ4v) is 2.28. The average molecular weight is 261 g/mol. The van der Waals surface area contributed by atoms with Crippen molar-refractivity contribution < 1.29 is 4.79 Å².